The van der Waals surface area contributed by atoms with Crippen molar-refractivity contribution in [3.8, 4) is 0 Å². The largest absolute Gasteiger partial charge is 0.288 e. The minimum absolute atomic E-state index is 0.0111. The van der Waals surface area contributed by atoms with Crippen LogP contribution in [0.4, 0.5) is 11.4 Å². The first-order valence-electron chi connectivity index (χ1n) is 8.81. The number of anilines is 1. The average Bonchev–Trinajstić information content (AvgIpc) is 2.75. The average molecular weight is 493 g/mol. The van der Waals surface area contributed by atoms with Gasteiger partial charge >= 0.3 is 0 Å². The third-order valence-corrected chi connectivity index (χ3v) is 6.04. The van der Waals surface area contributed by atoms with Gasteiger partial charge in [-0.2, -0.15) is 5.10 Å². The minimum Gasteiger partial charge on any atom is -0.280 e. The summed E-state index contributed by atoms with van der Waals surface area (Å²) < 4.78 is 27.2. The number of nitrogens with zero attached hydrogens (tertiary/aromatic N) is 2. The molecule has 0 heterocycles. The quantitative estimate of drug-likeness (QED) is 0.285. The standard InChI is InChI=1S/C20H14Cl2N4O5S/c21-15-4-8-17(9-5-15)32(30,31)25-16-6-2-14(3-7-16)20(27)24-23-12-13-1-10-18(22)19(11-13)26(28)29/h1-12,25H,(H,24,27)/b23-12-. The van der Waals surface area contributed by atoms with Gasteiger partial charge in [0.2, 0.25) is 0 Å². The van der Waals surface area contributed by atoms with E-state index in [2.05, 4.69) is 15.2 Å². The molecule has 0 saturated heterocycles. The summed E-state index contributed by atoms with van der Waals surface area (Å²) in [6.45, 7) is 0. The van der Waals surface area contributed by atoms with Gasteiger partial charge in [0.25, 0.3) is 21.6 Å². The third-order valence-electron chi connectivity index (χ3n) is 4.07. The molecule has 2 N–H and O–H groups in total. The molecule has 164 valence electrons. The summed E-state index contributed by atoms with van der Waals surface area (Å²) in [6.07, 6.45) is 1.23. The Morgan fingerprint density at radius 2 is 1.66 bits per heavy atom. The highest BCUT2D eigenvalue weighted by Gasteiger charge is 2.15. The molecular weight excluding hydrogens is 479 g/mol. The van der Waals surface area contributed by atoms with Crippen LogP contribution in [0.25, 0.3) is 0 Å². The molecule has 0 aliphatic carbocycles. The predicted molar refractivity (Wildman–Crippen MR) is 122 cm³/mol. The first kappa shape index (κ1) is 23.2. The molecule has 0 spiro atoms. The Balaban J connectivity index is 1.64. The maximum absolute atomic E-state index is 12.4. The lowest BCUT2D eigenvalue weighted by Crippen LogP contribution is -2.18. The molecule has 0 saturated carbocycles. The number of nitro benzene ring substituents is 1. The summed E-state index contributed by atoms with van der Waals surface area (Å²) in [5.41, 5.74) is 2.85. The molecule has 1 amide bonds. The molecule has 0 radical (unpaired) electrons. The Hall–Kier alpha value is -3.47. The fourth-order valence-electron chi connectivity index (χ4n) is 2.50. The zero-order valence-electron chi connectivity index (χ0n) is 16.0. The topological polar surface area (TPSA) is 131 Å². The smallest absolute Gasteiger partial charge is 0.280 e. The van der Waals surface area contributed by atoms with Gasteiger partial charge < -0.3 is 0 Å². The number of benzene rings is 3. The van der Waals surface area contributed by atoms with Crippen LogP contribution in [0.3, 0.4) is 0 Å². The van der Waals surface area contributed by atoms with Gasteiger partial charge in [-0.1, -0.05) is 29.3 Å². The maximum atomic E-state index is 12.4. The number of halogens is 2. The van der Waals surface area contributed by atoms with Crippen LogP contribution in [0, 0.1) is 10.1 Å². The van der Waals surface area contributed by atoms with Crippen molar-refractivity contribution in [1.29, 1.82) is 0 Å². The first-order chi connectivity index (χ1) is 15.2. The van der Waals surface area contributed by atoms with E-state index < -0.39 is 20.9 Å². The van der Waals surface area contributed by atoms with Crippen LogP contribution in [0.15, 0.2) is 76.7 Å². The van der Waals surface area contributed by atoms with Crippen LogP contribution < -0.4 is 10.1 Å². The van der Waals surface area contributed by atoms with Crippen molar-refractivity contribution in [3.05, 3.63) is 98.0 Å². The van der Waals surface area contributed by atoms with E-state index in [4.69, 9.17) is 23.2 Å². The number of hydrogen-bond donors (Lipinski definition) is 2. The molecule has 32 heavy (non-hydrogen) atoms. The summed E-state index contributed by atoms with van der Waals surface area (Å²) in [7, 11) is -3.81. The maximum Gasteiger partial charge on any atom is 0.288 e. The van der Waals surface area contributed by atoms with Crippen molar-refractivity contribution in [3.63, 3.8) is 0 Å². The van der Waals surface area contributed by atoms with E-state index in [9.17, 15) is 23.3 Å². The lowest BCUT2D eigenvalue weighted by Gasteiger charge is -2.08. The lowest BCUT2D eigenvalue weighted by atomic mass is 10.2. The molecule has 0 bridgehead atoms. The Bertz CT molecular complexity index is 1290. The molecule has 3 aromatic carbocycles. The lowest BCUT2D eigenvalue weighted by molar-refractivity contribution is -0.384. The molecule has 0 fully saturated rings. The number of nitro groups is 1. The fraction of sp³-hybridized carbons (Fsp3) is 0. The first-order valence-corrected chi connectivity index (χ1v) is 11.1. The zero-order valence-corrected chi connectivity index (χ0v) is 18.4. The summed E-state index contributed by atoms with van der Waals surface area (Å²) in [6, 6.07) is 15.4. The van der Waals surface area contributed by atoms with Gasteiger partial charge in [-0.25, -0.2) is 13.8 Å². The van der Waals surface area contributed by atoms with Crippen molar-refractivity contribution in [1.82, 2.24) is 5.43 Å². The van der Waals surface area contributed by atoms with E-state index >= 15 is 0 Å². The molecule has 3 rings (SSSR count). The molecule has 0 unspecified atom stereocenters. The van der Waals surface area contributed by atoms with E-state index in [1.54, 1.807) is 0 Å². The molecule has 9 nitrogen and oxygen atoms in total. The van der Waals surface area contributed by atoms with Crippen molar-refractivity contribution < 1.29 is 18.1 Å². The van der Waals surface area contributed by atoms with E-state index in [0.29, 0.717) is 10.6 Å². The fourth-order valence-corrected chi connectivity index (χ4v) is 3.87. The van der Waals surface area contributed by atoms with E-state index in [1.165, 1.54) is 72.9 Å². The molecule has 0 aromatic heterocycles. The second-order valence-corrected chi connectivity index (χ2v) is 8.83. The number of rotatable bonds is 7. The van der Waals surface area contributed by atoms with Gasteiger partial charge in [0.15, 0.2) is 0 Å². The zero-order chi connectivity index (χ0) is 23.3. The van der Waals surface area contributed by atoms with Crippen molar-refractivity contribution in [2.45, 2.75) is 4.90 Å². The third kappa shape index (κ3) is 5.82. The molecule has 0 aliphatic rings. The number of amides is 1. The second-order valence-electron chi connectivity index (χ2n) is 6.30. The van der Waals surface area contributed by atoms with Crippen LogP contribution in [-0.2, 0) is 10.0 Å². The van der Waals surface area contributed by atoms with E-state index in [-0.39, 0.29) is 26.9 Å². The number of sulfonamides is 1. The Morgan fingerprint density at radius 3 is 2.28 bits per heavy atom. The number of hydrogen-bond acceptors (Lipinski definition) is 6. The normalized spacial score (nSPS) is 11.3. The van der Waals surface area contributed by atoms with Crippen LogP contribution in [-0.4, -0.2) is 25.5 Å². The Morgan fingerprint density at radius 1 is 1.00 bits per heavy atom. The highest BCUT2D eigenvalue weighted by Crippen LogP contribution is 2.24. The van der Waals surface area contributed by atoms with Crippen LogP contribution in [0.1, 0.15) is 15.9 Å². The van der Waals surface area contributed by atoms with Crippen LogP contribution in [0.5, 0.6) is 0 Å². The van der Waals surface area contributed by atoms with Gasteiger partial charge in [0, 0.05) is 27.9 Å². The number of hydrazone groups is 1. The van der Waals surface area contributed by atoms with E-state index in [1.807, 2.05) is 0 Å². The highest BCUT2D eigenvalue weighted by molar-refractivity contribution is 7.92. The molecule has 0 aliphatic heterocycles. The number of carbonyl (C=O) groups is 1. The van der Waals surface area contributed by atoms with Crippen molar-refractivity contribution in [2.24, 2.45) is 5.10 Å². The summed E-state index contributed by atoms with van der Waals surface area (Å²) in [4.78, 5) is 22.5. The monoisotopic (exact) mass is 492 g/mol. The second kappa shape index (κ2) is 9.77. The molecule has 3 aromatic rings. The van der Waals surface area contributed by atoms with E-state index in [0.717, 1.165) is 0 Å². The van der Waals surface area contributed by atoms with Gasteiger partial charge in [0.1, 0.15) is 5.02 Å². The van der Waals surface area contributed by atoms with Gasteiger partial charge in [0.05, 0.1) is 16.0 Å². The van der Waals surface area contributed by atoms with Crippen LogP contribution in [0.2, 0.25) is 10.0 Å². The van der Waals surface area contributed by atoms with Crippen molar-refractivity contribution in [2.75, 3.05) is 4.72 Å². The van der Waals surface area contributed by atoms with Gasteiger partial charge in [-0.15, -0.1) is 0 Å². The predicted octanol–water partition coefficient (Wildman–Crippen LogP) is 4.47. The van der Waals surface area contributed by atoms with Crippen molar-refractivity contribution >= 4 is 56.7 Å². The van der Waals surface area contributed by atoms with Gasteiger partial charge in [-0.3, -0.25) is 19.6 Å². The molecule has 0 atom stereocenters. The molecule has 12 heteroatoms. The summed E-state index contributed by atoms with van der Waals surface area (Å²) in [5, 5.41) is 15.1. The van der Waals surface area contributed by atoms with Gasteiger partial charge in [-0.05, 0) is 54.6 Å². The minimum atomic E-state index is -3.81. The SMILES string of the molecule is O=C(N/N=C\c1ccc(Cl)c([N+](=O)[O-])c1)c1ccc(NS(=O)(=O)c2ccc(Cl)cc2)cc1. The summed E-state index contributed by atoms with van der Waals surface area (Å²) >= 11 is 11.5. The Kier molecular flexibility index (Phi) is 7.08. The van der Waals surface area contributed by atoms with Crippen LogP contribution >= 0.6 is 23.2 Å². The summed E-state index contributed by atoms with van der Waals surface area (Å²) in [5.74, 6) is -0.558. The highest BCUT2D eigenvalue weighted by atomic mass is 35.5. The molecular formula is C20H14Cl2N4O5S. The number of nitrogens with one attached hydrogen (secondary N) is 2. The Labute approximate surface area is 192 Å². The number of carbonyl (C=O) groups excluding carboxylic acids is 1.